The number of benzene rings is 1. The van der Waals surface area contributed by atoms with Crippen molar-refractivity contribution in [1.29, 1.82) is 0 Å². The quantitative estimate of drug-likeness (QED) is 0.681. The predicted molar refractivity (Wildman–Crippen MR) is 117 cm³/mol. The van der Waals surface area contributed by atoms with Crippen LogP contribution in [0.1, 0.15) is 28.8 Å². The Kier molecular flexibility index (Phi) is 5.16. The predicted octanol–water partition coefficient (Wildman–Crippen LogP) is 1.52. The molecule has 3 aliphatic rings. The van der Waals surface area contributed by atoms with Crippen molar-refractivity contribution in [2.24, 2.45) is 5.92 Å². The van der Waals surface area contributed by atoms with Crippen molar-refractivity contribution in [3.8, 4) is 5.75 Å². The molecule has 3 aliphatic heterocycles. The summed E-state index contributed by atoms with van der Waals surface area (Å²) in [7, 11) is -3.09. The van der Waals surface area contributed by atoms with Gasteiger partial charge in [-0.25, -0.2) is 8.42 Å². The Balaban J connectivity index is 1.36. The zero-order chi connectivity index (χ0) is 22.3. The number of amides is 2. The largest absolute Gasteiger partial charge is 0.485 e. The van der Waals surface area contributed by atoms with E-state index in [2.05, 4.69) is 4.98 Å². The zero-order valence-electron chi connectivity index (χ0n) is 17.6. The van der Waals surface area contributed by atoms with Crippen LogP contribution >= 0.6 is 0 Å². The lowest BCUT2D eigenvalue weighted by Crippen LogP contribution is -2.57. The Bertz CT molecular complexity index is 1130. The molecule has 4 heterocycles. The van der Waals surface area contributed by atoms with E-state index in [0.717, 1.165) is 11.3 Å². The van der Waals surface area contributed by atoms with E-state index in [0.29, 0.717) is 44.6 Å². The van der Waals surface area contributed by atoms with Crippen LogP contribution in [0.5, 0.6) is 5.75 Å². The standard InChI is InChI=1S/C23H25N3O5S/c27-21(17-5-3-9-24-12-17)25-10-7-23(8-11-25)16-26(22(28)19-14-32(29,30)15-19)13-18-4-1-2-6-20(18)31-23/h1-6,9,12,19H,7-8,10-11,13-16H2. The van der Waals surface area contributed by atoms with Gasteiger partial charge in [0.2, 0.25) is 5.91 Å². The lowest BCUT2D eigenvalue weighted by Gasteiger charge is -2.43. The Morgan fingerprint density at radius 1 is 1.03 bits per heavy atom. The van der Waals surface area contributed by atoms with E-state index in [1.165, 1.54) is 0 Å². The van der Waals surface area contributed by atoms with Gasteiger partial charge in [-0.3, -0.25) is 14.6 Å². The molecule has 0 aliphatic carbocycles. The molecule has 5 rings (SSSR count). The number of piperidine rings is 1. The summed E-state index contributed by atoms with van der Waals surface area (Å²) in [6.07, 6.45) is 4.37. The van der Waals surface area contributed by atoms with Crippen LogP contribution in [-0.4, -0.2) is 71.8 Å². The van der Waals surface area contributed by atoms with Crippen LogP contribution < -0.4 is 4.74 Å². The molecule has 168 valence electrons. The van der Waals surface area contributed by atoms with Crippen molar-refractivity contribution in [2.75, 3.05) is 31.1 Å². The maximum atomic E-state index is 13.1. The van der Waals surface area contributed by atoms with Gasteiger partial charge in [0.15, 0.2) is 9.84 Å². The molecule has 0 atom stereocenters. The first-order valence-corrected chi connectivity index (χ1v) is 12.6. The molecular weight excluding hydrogens is 430 g/mol. The molecule has 8 nitrogen and oxygen atoms in total. The number of hydrogen-bond acceptors (Lipinski definition) is 6. The van der Waals surface area contributed by atoms with Crippen LogP contribution in [0.4, 0.5) is 0 Å². The third-order valence-electron chi connectivity index (χ3n) is 6.58. The minimum absolute atomic E-state index is 0.0606. The normalized spacial score (nSPS) is 21.8. The minimum Gasteiger partial charge on any atom is -0.485 e. The number of ether oxygens (including phenoxy) is 1. The van der Waals surface area contributed by atoms with Crippen LogP contribution in [0, 0.1) is 5.92 Å². The Hall–Kier alpha value is -2.94. The second-order valence-corrected chi connectivity index (χ2v) is 11.0. The highest BCUT2D eigenvalue weighted by atomic mass is 32.2. The number of fused-ring (bicyclic) bond motifs is 1. The number of carbonyl (C=O) groups excluding carboxylic acids is 2. The summed E-state index contributed by atoms with van der Waals surface area (Å²) in [6, 6.07) is 11.2. The topological polar surface area (TPSA) is 96.9 Å². The van der Waals surface area contributed by atoms with E-state index in [-0.39, 0.29) is 23.3 Å². The Labute approximate surface area is 187 Å². The minimum atomic E-state index is -3.09. The highest BCUT2D eigenvalue weighted by Crippen LogP contribution is 2.37. The number of aromatic nitrogens is 1. The summed E-state index contributed by atoms with van der Waals surface area (Å²) < 4.78 is 29.8. The van der Waals surface area contributed by atoms with Gasteiger partial charge in [0, 0.05) is 50.4 Å². The van der Waals surface area contributed by atoms with Gasteiger partial charge in [-0.05, 0) is 18.2 Å². The van der Waals surface area contributed by atoms with Crippen molar-refractivity contribution in [3.05, 3.63) is 59.9 Å². The molecule has 2 fully saturated rings. The summed E-state index contributed by atoms with van der Waals surface area (Å²) in [5.41, 5.74) is 0.851. The van der Waals surface area contributed by atoms with Crippen molar-refractivity contribution in [1.82, 2.24) is 14.8 Å². The summed E-state index contributed by atoms with van der Waals surface area (Å²) in [4.78, 5) is 33.6. The van der Waals surface area contributed by atoms with Crippen molar-refractivity contribution in [2.45, 2.75) is 25.0 Å². The smallest absolute Gasteiger partial charge is 0.255 e. The third-order valence-corrected chi connectivity index (χ3v) is 8.40. The monoisotopic (exact) mass is 455 g/mol. The lowest BCUT2D eigenvalue weighted by atomic mass is 9.89. The van der Waals surface area contributed by atoms with Crippen LogP contribution in [0.15, 0.2) is 48.8 Å². The van der Waals surface area contributed by atoms with Crippen LogP contribution in [0.3, 0.4) is 0 Å². The average Bonchev–Trinajstić information content (AvgIpc) is 2.94. The maximum absolute atomic E-state index is 13.1. The number of pyridine rings is 1. The molecule has 0 radical (unpaired) electrons. The fourth-order valence-electron chi connectivity index (χ4n) is 4.78. The number of hydrogen-bond donors (Lipinski definition) is 0. The summed E-state index contributed by atoms with van der Waals surface area (Å²) in [5.74, 6) is -0.0789. The molecule has 1 aromatic carbocycles. The van der Waals surface area contributed by atoms with Gasteiger partial charge in [0.25, 0.3) is 5.91 Å². The van der Waals surface area contributed by atoms with Gasteiger partial charge in [-0.1, -0.05) is 18.2 Å². The van der Waals surface area contributed by atoms with E-state index in [4.69, 9.17) is 4.74 Å². The van der Waals surface area contributed by atoms with E-state index in [1.807, 2.05) is 24.3 Å². The van der Waals surface area contributed by atoms with Gasteiger partial charge >= 0.3 is 0 Å². The maximum Gasteiger partial charge on any atom is 0.255 e. The molecule has 1 aromatic heterocycles. The summed E-state index contributed by atoms with van der Waals surface area (Å²) in [5, 5.41) is 0. The van der Waals surface area contributed by atoms with Crippen molar-refractivity contribution < 1.29 is 22.7 Å². The van der Waals surface area contributed by atoms with Crippen molar-refractivity contribution >= 4 is 21.7 Å². The molecule has 0 N–H and O–H groups in total. The van der Waals surface area contributed by atoms with Gasteiger partial charge in [0.05, 0.1) is 29.5 Å². The average molecular weight is 456 g/mol. The number of para-hydroxylation sites is 1. The highest BCUT2D eigenvalue weighted by molar-refractivity contribution is 7.92. The fourth-order valence-corrected chi connectivity index (χ4v) is 6.19. The molecule has 2 aromatic rings. The molecule has 2 amide bonds. The molecule has 32 heavy (non-hydrogen) atoms. The first-order valence-electron chi connectivity index (χ1n) is 10.8. The second-order valence-electron chi connectivity index (χ2n) is 8.89. The van der Waals surface area contributed by atoms with Gasteiger partial charge in [-0.2, -0.15) is 0 Å². The molecule has 0 unspecified atom stereocenters. The number of likely N-dealkylation sites (tertiary alicyclic amines) is 1. The molecule has 2 saturated heterocycles. The Morgan fingerprint density at radius 3 is 2.47 bits per heavy atom. The van der Waals surface area contributed by atoms with Gasteiger partial charge in [-0.15, -0.1) is 0 Å². The van der Waals surface area contributed by atoms with Crippen LogP contribution in [-0.2, 0) is 21.2 Å². The molecule has 0 saturated carbocycles. The lowest BCUT2D eigenvalue weighted by molar-refractivity contribution is -0.138. The number of carbonyl (C=O) groups is 2. The van der Waals surface area contributed by atoms with Gasteiger partial charge in [0.1, 0.15) is 11.4 Å². The number of rotatable bonds is 2. The Morgan fingerprint density at radius 2 is 1.78 bits per heavy atom. The van der Waals surface area contributed by atoms with Gasteiger partial charge < -0.3 is 14.5 Å². The van der Waals surface area contributed by atoms with E-state index >= 15 is 0 Å². The molecule has 9 heteroatoms. The zero-order valence-corrected chi connectivity index (χ0v) is 18.5. The second kappa shape index (κ2) is 7.88. The molecule has 1 spiro atoms. The van der Waals surface area contributed by atoms with Crippen LogP contribution in [0.2, 0.25) is 0 Å². The summed E-state index contributed by atoms with van der Waals surface area (Å²) >= 11 is 0. The fraction of sp³-hybridized carbons (Fsp3) is 0.435. The highest BCUT2D eigenvalue weighted by Gasteiger charge is 2.46. The first kappa shape index (κ1) is 20.9. The summed E-state index contributed by atoms with van der Waals surface area (Å²) in [6.45, 7) is 1.79. The number of nitrogens with zero attached hydrogens (tertiary/aromatic N) is 3. The number of sulfone groups is 1. The van der Waals surface area contributed by atoms with E-state index in [1.54, 1.807) is 34.3 Å². The molecular formula is C23H25N3O5S. The first-order chi connectivity index (χ1) is 15.3. The molecule has 0 bridgehead atoms. The SMILES string of the molecule is O=C(c1cccnc1)N1CCC2(CC1)CN(C(=O)C1CS(=O)(=O)C1)Cc1ccccc1O2. The van der Waals surface area contributed by atoms with E-state index in [9.17, 15) is 18.0 Å². The van der Waals surface area contributed by atoms with Crippen LogP contribution in [0.25, 0.3) is 0 Å². The third kappa shape index (κ3) is 3.97. The van der Waals surface area contributed by atoms with E-state index < -0.39 is 21.4 Å². The van der Waals surface area contributed by atoms with Crippen molar-refractivity contribution in [3.63, 3.8) is 0 Å².